The van der Waals surface area contributed by atoms with Crippen molar-refractivity contribution >= 4 is 22.4 Å². The molecule has 0 saturated heterocycles. The molecule has 2 aliphatic rings. The molecule has 0 spiro atoms. The quantitative estimate of drug-likeness (QED) is 0.148. The topological polar surface area (TPSA) is 3.24 Å². The second-order valence-electron chi connectivity index (χ2n) is 11.3. The Labute approximate surface area is 268 Å². The first-order valence-electron chi connectivity index (χ1n) is 15.6. The number of hydrogen-bond donors (Lipinski definition) is 0. The van der Waals surface area contributed by atoms with Crippen molar-refractivity contribution in [2.24, 2.45) is 0 Å². The molecule has 0 aromatic heterocycles. The second kappa shape index (κ2) is 14.3. The molecule has 218 valence electrons. The van der Waals surface area contributed by atoms with E-state index in [9.17, 15) is 0 Å². The van der Waals surface area contributed by atoms with Crippen molar-refractivity contribution < 1.29 is 0 Å². The van der Waals surface area contributed by atoms with Gasteiger partial charge in [-0.1, -0.05) is 127 Å². The number of allylic oxidation sites excluding steroid dienone is 13. The van der Waals surface area contributed by atoms with Crippen LogP contribution in [0.3, 0.4) is 0 Å². The summed E-state index contributed by atoms with van der Waals surface area (Å²) in [6.07, 6.45) is 27.6. The molecule has 0 radical (unpaired) electrons. The van der Waals surface area contributed by atoms with Crippen LogP contribution in [0, 0.1) is 12.3 Å². The van der Waals surface area contributed by atoms with E-state index in [1.165, 1.54) is 50.2 Å². The molecular formula is C44H37N. The zero-order chi connectivity index (χ0) is 30.8. The predicted molar refractivity (Wildman–Crippen MR) is 194 cm³/mol. The van der Waals surface area contributed by atoms with Gasteiger partial charge in [-0.3, -0.25) is 0 Å². The zero-order valence-corrected chi connectivity index (χ0v) is 25.7. The van der Waals surface area contributed by atoms with Crippen LogP contribution in [0.15, 0.2) is 175 Å². The molecule has 45 heavy (non-hydrogen) atoms. The Morgan fingerprint density at radius 1 is 0.689 bits per heavy atom. The van der Waals surface area contributed by atoms with Crippen molar-refractivity contribution in [3.05, 3.63) is 192 Å². The van der Waals surface area contributed by atoms with Crippen LogP contribution >= 0.6 is 0 Å². The molecule has 0 heterocycles. The van der Waals surface area contributed by atoms with Crippen LogP contribution in [0.5, 0.6) is 0 Å². The highest BCUT2D eigenvalue weighted by Crippen LogP contribution is 2.36. The largest absolute Gasteiger partial charge is 0.314 e. The Balaban J connectivity index is 1.35. The third kappa shape index (κ3) is 7.15. The first kappa shape index (κ1) is 29.5. The minimum absolute atomic E-state index is 0.896. The molecule has 2 aliphatic carbocycles. The normalized spacial score (nSPS) is 15.0. The predicted octanol–water partition coefficient (Wildman–Crippen LogP) is 11.4. The molecular weight excluding hydrogens is 542 g/mol. The molecule has 0 N–H and O–H groups in total. The Morgan fingerprint density at radius 2 is 1.38 bits per heavy atom. The van der Waals surface area contributed by atoms with E-state index < -0.39 is 0 Å². The van der Waals surface area contributed by atoms with Crippen LogP contribution in [0.2, 0.25) is 0 Å². The number of terminal acetylenes is 1. The van der Waals surface area contributed by atoms with Gasteiger partial charge in [-0.25, -0.2) is 0 Å². The fourth-order valence-electron chi connectivity index (χ4n) is 5.91. The molecule has 0 bridgehead atoms. The van der Waals surface area contributed by atoms with Crippen LogP contribution in [0.1, 0.15) is 42.9 Å². The molecule has 0 aliphatic heterocycles. The molecule has 1 nitrogen and oxygen atoms in total. The van der Waals surface area contributed by atoms with E-state index in [-0.39, 0.29) is 0 Å². The molecule has 0 atom stereocenters. The van der Waals surface area contributed by atoms with Gasteiger partial charge in [0.15, 0.2) is 0 Å². The zero-order valence-electron chi connectivity index (χ0n) is 25.7. The van der Waals surface area contributed by atoms with Crippen molar-refractivity contribution in [2.45, 2.75) is 26.2 Å². The number of benzene rings is 4. The van der Waals surface area contributed by atoms with Crippen LogP contribution in [0.25, 0.3) is 27.8 Å². The van der Waals surface area contributed by atoms with Gasteiger partial charge in [0.25, 0.3) is 0 Å². The molecule has 0 amide bonds. The van der Waals surface area contributed by atoms with Gasteiger partial charge in [0.1, 0.15) is 0 Å². The maximum absolute atomic E-state index is 5.38. The van der Waals surface area contributed by atoms with Crippen molar-refractivity contribution in [1.29, 1.82) is 0 Å². The summed E-state index contributed by atoms with van der Waals surface area (Å²) in [7, 11) is 0. The highest BCUT2D eigenvalue weighted by molar-refractivity contribution is 5.77. The van der Waals surface area contributed by atoms with Crippen molar-refractivity contribution in [2.75, 3.05) is 4.90 Å². The molecule has 4 aromatic carbocycles. The summed E-state index contributed by atoms with van der Waals surface area (Å²) in [5.41, 5.74) is 13.7. The number of nitrogens with zero attached hydrogens (tertiary/aromatic N) is 1. The third-order valence-corrected chi connectivity index (χ3v) is 8.36. The maximum Gasteiger partial charge on any atom is 0.0458 e. The number of anilines is 1. The van der Waals surface area contributed by atoms with E-state index >= 15 is 0 Å². The van der Waals surface area contributed by atoms with Gasteiger partial charge >= 0.3 is 0 Å². The summed E-state index contributed by atoms with van der Waals surface area (Å²) in [6, 6.07) is 39.0. The lowest BCUT2D eigenvalue weighted by atomic mass is 9.92. The van der Waals surface area contributed by atoms with E-state index in [0.717, 1.165) is 30.6 Å². The van der Waals surface area contributed by atoms with Gasteiger partial charge in [0.2, 0.25) is 0 Å². The van der Waals surface area contributed by atoms with Gasteiger partial charge in [0.05, 0.1) is 0 Å². The van der Waals surface area contributed by atoms with Crippen molar-refractivity contribution in [3.63, 3.8) is 0 Å². The highest BCUT2D eigenvalue weighted by Gasteiger charge is 2.19. The SMILES string of the molecule is C#C/C=C\C=C(/C)c1ccc(N(C2=CC=C(c3ccccc3)CC=C2)C2=CC=C(c3cccc(-c4ccccc4)c3)CC2)cc1. The Bertz CT molecular complexity index is 1900. The van der Waals surface area contributed by atoms with E-state index in [1.807, 2.05) is 6.08 Å². The van der Waals surface area contributed by atoms with Gasteiger partial charge in [-0.2, -0.15) is 0 Å². The minimum atomic E-state index is 0.896. The average Bonchev–Trinajstić information content (AvgIpc) is 3.36. The summed E-state index contributed by atoms with van der Waals surface area (Å²) >= 11 is 0. The lowest BCUT2D eigenvalue weighted by Gasteiger charge is -2.31. The summed E-state index contributed by atoms with van der Waals surface area (Å²) in [6.45, 7) is 2.11. The molecule has 1 heteroatoms. The van der Waals surface area contributed by atoms with E-state index in [2.05, 4.69) is 169 Å². The van der Waals surface area contributed by atoms with E-state index in [4.69, 9.17) is 6.42 Å². The Kier molecular flexibility index (Phi) is 9.35. The van der Waals surface area contributed by atoms with Crippen molar-refractivity contribution in [3.8, 4) is 23.5 Å². The summed E-state index contributed by atoms with van der Waals surface area (Å²) in [5, 5.41) is 0. The molecule has 4 aromatic rings. The van der Waals surface area contributed by atoms with Gasteiger partial charge in [-0.05, 0) is 113 Å². The molecule has 6 rings (SSSR count). The Hall–Kier alpha value is -5.58. The molecule has 0 fully saturated rings. The second-order valence-corrected chi connectivity index (χ2v) is 11.3. The Morgan fingerprint density at radius 3 is 2.09 bits per heavy atom. The molecule has 0 saturated carbocycles. The fourth-order valence-corrected chi connectivity index (χ4v) is 5.91. The highest BCUT2D eigenvalue weighted by atomic mass is 15.2. The number of hydrogen-bond acceptors (Lipinski definition) is 1. The monoisotopic (exact) mass is 579 g/mol. The lowest BCUT2D eigenvalue weighted by Crippen LogP contribution is -2.22. The maximum atomic E-state index is 5.38. The molecule has 0 unspecified atom stereocenters. The van der Waals surface area contributed by atoms with E-state index in [0.29, 0.717) is 0 Å². The van der Waals surface area contributed by atoms with Crippen LogP contribution in [-0.4, -0.2) is 0 Å². The third-order valence-electron chi connectivity index (χ3n) is 8.36. The number of rotatable bonds is 8. The summed E-state index contributed by atoms with van der Waals surface area (Å²) in [4.78, 5) is 2.41. The minimum Gasteiger partial charge on any atom is -0.314 e. The average molecular weight is 580 g/mol. The summed E-state index contributed by atoms with van der Waals surface area (Å²) in [5.74, 6) is 2.55. The fraction of sp³-hybridized carbons (Fsp3) is 0.0909. The standard InChI is InChI=1S/C44H37N/c1-3-4-7-14-34(2)35-23-28-43(29-24-35)45(42-22-13-19-38(25-30-42)36-15-8-5-9-16-36)44-31-26-39(27-32-44)41-21-12-20-40(33-41)37-17-10-6-11-18-37/h1,4-18,20-26,28-31,33H,19,27,32H2,2H3/b7-4-,34-14+. The first-order valence-corrected chi connectivity index (χ1v) is 15.6. The summed E-state index contributed by atoms with van der Waals surface area (Å²) < 4.78 is 0. The first-order chi connectivity index (χ1) is 22.2. The van der Waals surface area contributed by atoms with Gasteiger partial charge in [0, 0.05) is 17.1 Å². The van der Waals surface area contributed by atoms with Gasteiger partial charge < -0.3 is 4.90 Å². The van der Waals surface area contributed by atoms with Crippen LogP contribution in [-0.2, 0) is 0 Å². The van der Waals surface area contributed by atoms with Gasteiger partial charge in [-0.15, -0.1) is 6.42 Å². The van der Waals surface area contributed by atoms with E-state index in [1.54, 1.807) is 6.08 Å². The lowest BCUT2D eigenvalue weighted by molar-refractivity contribution is 0.912. The van der Waals surface area contributed by atoms with Crippen LogP contribution in [0.4, 0.5) is 5.69 Å². The smallest absolute Gasteiger partial charge is 0.0458 e. The van der Waals surface area contributed by atoms with Crippen LogP contribution < -0.4 is 4.90 Å². The van der Waals surface area contributed by atoms with Crippen molar-refractivity contribution in [1.82, 2.24) is 0 Å².